The molecule has 6 atom stereocenters. The fraction of sp³-hybridized carbons (Fsp3) is 0.500. The van der Waals surface area contributed by atoms with E-state index in [1.165, 1.54) is 42.2 Å². The number of anilines is 3. The van der Waals surface area contributed by atoms with Crippen molar-refractivity contribution in [2.45, 2.75) is 100 Å². The number of alkyl carbamates (subject to hydrolysis) is 2. The molecule has 19 nitrogen and oxygen atoms in total. The Balaban J connectivity index is 0.873. The van der Waals surface area contributed by atoms with Gasteiger partial charge in [0.2, 0.25) is 11.8 Å². The summed E-state index contributed by atoms with van der Waals surface area (Å²) < 4.78 is 119. The molecule has 0 bridgehead atoms. The molecule has 4 amide bonds. The summed E-state index contributed by atoms with van der Waals surface area (Å²) in [6, 6.07) is 6.81. The van der Waals surface area contributed by atoms with Crippen molar-refractivity contribution in [1.29, 1.82) is 0 Å². The second kappa shape index (κ2) is 24.3. The smallest absolute Gasteiger partial charge is 0.407 e. The van der Waals surface area contributed by atoms with Crippen LogP contribution in [0, 0.1) is 46.7 Å². The summed E-state index contributed by atoms with van der Waals surface area (Å²) in [4.78, 5) is 78.1. The lowest BCUT2D eigenvalue weighted by Crippen LogP contribution is -2.53. The molecule has 6 saturated heterocycles. The average molecular weight is 1180 g/mol. The van der Waals surface area contributed by atoms with Crippen LogP contribution in [0.4, 0.5) is 53.0 Å². The number of aromatic amines is 2. The summed E-state index contributed by atoms with van der Waals surface area (Å²) in [5, 5.41) is 5.50. The van der Waals surface area contributed by atoms with Crippen LogP contribution in [0.3, 0.4) is 0 Å². The largest absolute Gasteiger partial charge is 0.453 e. The summed E-state index contributed by atoms with van der Waals surface area (Å²) in [7, 11) is 2.46. The molecule has 85 heavy (non-hydrogen) atoms. The lowest BCUT2D eigenvalue weighted by Gasteiger charge is -2.38. The fourth-order valence-corrected chi connectivity index (χ4v) is 13.9. The number of carbonyl (C=O) groups is 4. The first kappa shape index (κ1) is 57.6. The Bertz CT molecular complexity index is 3290. The molecule has 12 rings (SSSR count). The van der Waals surface area contributed by atoms with Crippen molar-refractivity contribution in [3.63, 3.8) is 0 Å². The molecule has 25 heteroatoms. The molecule has 0 aliphatic carbocycles. The quantitative estimate of drug-likeness (QED) is 0.0798. The number of carbonyl (C=O) groups excluding carboxylic acids is 4. The first-order valence-electron chi connectivity index (χ1n) is 29.2. The number of H-pyrrole nitrogens is 2. The molecule has 6 fully saturated rings. The number of imidazole rings is 2. The van der Waals surface area contributed by atoms with Crippen molar-refractivity contribution >= 4 is 63.1 Å². The van der Waals surface area contributed by atoms with Gasteiger partial charge < -0.3 is 64.0 Å². The standard InChI is InChI=1S/C60H67F6N11O8/c1-82-59(80)71-51(32-12-22-84-23-13-32)57(78)75-16-4-8-49(75)55-67-43-28-35(39(63)30-45(43)69-55)47-10-11-48(77(47)34-26-41(65)54(42(66)27-34)74-20-18-73(19-21-74)53-37(61)6-3-7-38(53)62)36-29-44-46(31-40(36)64)70-56(68-44)50-9-5-17-76(50)58(79)52(72-60(81)83-2)33-14-24-85-25-15-33/h3,6-7,26-33,47-52H,4-5,8-25H2,1-2H3,(H,67,69)(H,68,70)(H,71,80)(H,72,81)/t47-,48-,49+,50?,51+,52+/m1/s1. The van der Waals surface area contributed by atoms with Gasteiger partial charge >= 0.3 is 12.2 Å². The van der Waals surface area contributed by atoms with Gasteiger partial charge in [-0.2, -0.15) is 0 Å². The highest BCUT2D eigenvalue weighted by Gasteiger charge is 2.44. The molecular formula is C60H67F6N11O8. The maximum absolute atomic E-state index is 17.1. The second-order valence-corrected chi connectivity index (χ2v) is 22.9. The van der Waals surface area contributed by atoms with E-state index in [-0.39, 0.29) is 102 Å². The lowest BCUT2D eigenvalue weighted by molar-refractivity contribution is -0.137. The molecule has 4 aromatic carbocycles. The maximum atomic E-state index is 17.1. The number of para-hydroxylation sites is 1. The minimum absolute atomic E-state index is 0.00702. The number of nitrogens with one attached hydrogen (secondary N) is 4. The van der Waals surface area contributed by atoms with Crippen molar-refractivity contribution in [3.8, 4) is 0 Å². The number of likely N-dealkylation sites (tertiary alicyclic amines) is 2. The summed E-state index contributed by atoms with van der Waals surface area (Å²) in [5.74, 6) is -5.01. The third-order valence-corrected chi connectivity index (χ3v) is 18.1. The molecule has 452 valence electrons. The highest BCUT2D eigenvalue weighted by Crippen LogP contribution is 2.50. The number of hydrogen-bond donors (Lipinski definition) is 4. The zero-order valence-corrected chi connectivity index (χ0v) is 47.1. The van der Waals surface area contributed by atoms with Gasteiger partial charge in [0.1, 0.15) is 58.4 Å². The molecule has 0 saturated carbocycles. The van der Waals surface area contributed by atoms with E-state index in [0.717, 1.165) is 24.3 Å². The molecule has 6 aromatic rings. The summed E-state index contributed by atoms with van der Waals surface area (Å²) >= 11 is 0. The van der Waals surface area contributed by atoms with Crippen molar-refractivity contribution in [3.05, 3.63) is 112 Å². The van der Waals surface area contributed by atoms with Crippen LogP contribution in [-0.2, 0) is 28.5 Å². The summed E-state index contributed by atoms with van der Waals surface area (Å²) in [6.07, 6.45) is 3.45. The minimum atomic E-state index is -0.957. The number of piperazine rings is 1. The SMILES string of the molecule is COC(=O)N[C@H](C(=O)N1CCCC1c1nc2cc(F)c([C@H]3CC[C@H](c4cc5[nH]c([C@@H]6CCCN6C(=O)[C@@H](NC(=O)OC)C6CCOCC6)nc5cc4F)N3c3cc(F)c(N4CCN(c5c(F)cccc5F)CC4)c(F)c3)cc2[nH]1)C1CCOCC1. The lowest BCUT2D eigenvalue weighted by atomic mass is 9.90. The van der Waals surface area contributed by atoms with Crippen LogP contribution in [0.5, 0.6) is 0 Å². The number of nitrogens with zero attached hydrogens (tertiary/aromatic N) is 7. The van der Waals surface area contributed by atoms with Crippen LogP contribution < -0.4 is 25.3 Å². The normalized spacial score (nSPS) is 22.4. The molecule has 8 heterocycles. The van der Waals surface area contributed by atoms with Crippen molar-refractivity contribution in [2.75, 3.05) is 94.6 Å². The van der Waals surface area contributed by atoms with Gasteiger partial charge in [0, 0.05) is 94.6 Å². The molecule has 4 N–H and O–H groups in total. The molecular weight excluding hydrogens is 1120 g/mol. The second-order valence-electron chi connectivity index (χ2n) is 22.9. The number of ether oxygens (including phenoxy) is 4. The first-order valence-corrected chi connectivity index (χ1v) is 29.2. The Kier molecular flexibility index (Phi) is 16.5. The predicted octanol–water partition coefficient (Wildman–Crippen LogP) is 9.31. The first-order chi connectivity index (χ1) is 41.2. The van der Waals surface area contributed by atoms with Crippen LogP contribution in [0.2, 0.25) is 0 Å². The Hall–Kier alpha value is -7.80. The van der Waals surface area contributed by atoms with Crippen LogP contribution in [0.1, 0.15) is 111 Å². The summed E-state index contributed by atoms with van der Waals surface area (Å²) in [5.41, 5.74) is 1.03. The third-order valence-electron chi connectivity index (χ3n) is 18.1. The zero-order valence-electron chi connectivity index (χ0n) is 47.1. The van der Waals surface area contributed by atoms with E-state index in [0.29, 0.717) is 114 Å². The zero-order chi connectivity index (χ0) is 59.2. The maximum Gasteiger partial charge on any atom is 0.407 e. The van der Waals surface area contributed by atoms with E-state index >= 15 is 17.6 Å². The van der Waals surface area contributed by atoms with E-state index in [1.54, 1.807) is 26.8 Å². The molecule has 6 aliphatic rings. The number of methoxy groups -OCH3 is 2. The van der Waals surface area contributed by atoms with Crippen LogP contribution in [0.15, 0.2) is 54.6 Å². The van der Waals surface area contributed by atoms with Crippen LogP contribution >= 0.6 is 0 Å². The molecule has 0 radical (unpaired) electrons. The Morgan fingerprint density at radius 3 is 1.35 bits per heavy atom. The number of hydrogen-bond acceptors (Lipinski definition) is 13. The number of amides is 4. The van der Waals surface area contributed by atoms with Crippen molar-refractivity contribution < 1.29 is 64.5 Å². The molecule has 0 spiro atoms. The van der Waals surface area contributed by atoms with Gasteiger partial charge in [0.25, 0.3) is 0 Å². The van der Waals surface area contributed by atoms with Gasteiger partial charge in [0.15, 0.2) is 11.6 Å². The Morgan fingerprint density at radius 1 is 0.529 bits per heavy atom. The topological polar surface area (TPSA) is 203 Å². The fourth-order valence-electron chi connectivity index (χ4n) is 13.9. The minimum Gasteiger partial charge on any atom is -0.453 e. The number of halogens is 6. The number of aromatic nitrogens is 4. The monoisotopic (exact) mass is 1180 g/mol. The predicted molar refractivity (Wildman–Crippen MR) is 300 cm³/mol. The number of rotatable bonds is 13. The number of benzene rings is 4. The number of fused-ring (bicyclic) bond motifs is 2. The van der Waals surface area contributed by atoms with E-state index in [9.17, 15) is 28.0 Å². The van der Waals surface area contributed by atoms with Crippen molar-refractivity contribution in [2.24, 2.45) is 11.8 Å². The van der Waals surface area contributed by atoms with Gasteiger partial charge in [-0.05, 0) is 112 Å². The van der Waals surface area contributed by atoms with Gasteiger partial charge in [0.05, 0.1) is 60.5 Å². The van der Waals surface area contributed by atoms with E-state index in [1.807, 2.05) is 0 Å². The van der Waals surface area contributed by atoms with Gasteiger partial charge in [-0.1, -0.05) is 6.07 Å². The van der Waals surface area contributed by atoms with Gasteiger partial charge in [-0.15, -0.1) is 0 Å². The van der Waals surface area contributed by atoms with Crippen LogP contribution in [-0.4, -0.2) is 146 Å². The molecule has 2 aromatic heterocycles. The highest BCUT2D eigenvalue weighted by atomic mass is 19.2. The third kappa shape index (κ3) is 11.2. The molecule has 6 aliphatic heterocycles. The van der Waals surface area contributed by atoms with E-state index < -0.39 is 83.3 Å². The summed E-state index contributed by atoms with van der Waals surface area (Å²) in [6.45, 7) is 2.66. The van der Waals surface area contributed by atoms with Gasteiger partial charge in [-0.3, -0.25) is 9.59 Å². The Morgan fingerprint density at radius 2 is 0.941 bits per heavy atom. The highest BCUT2D eigenvalue weighted by molar-refractivity contribution is 5.88. The molecule has 1 unspecified atom stereocenters. The van der Waals surface area contributed by atoms with Gasteiger partial charge in [-0.25, -0.2) is 45.9 Å². The average Bonchev–Trinajstić information content (AvgIpc) is 2.20. The van der Waals surface area contributed by atoms with E-state index in [2.05, 4.69) is 20.6 Å². The van der Waals surface area contributed by atoms with E-state index in [4.69, 9.17) is 28.9 Å². The van der Waals surface area contributed by atoms with Crippen molar-refractivity contribution in [1.82, 2.24) is 40.4 Å². The Labute approximate surface area is 485 Å². The van der Waals surface area contributed by atoms with Crippen LogP contribution in [0.25, 0.3) is 22.1 Å².